The predicted molar refractivity (Wildman–Crippen MR) is 82.9 cm³/mol. The summed E-state index contributed by atoms with van der Waals surface area (Å²) in [5.74, 6) is -0.480. The van der Waals surface area contributed by atoms with Crippen LogP contribution in [-0.4, -0.2) is 17.3 Å². The molecule has 1 aliphatic rings. The first-order chi connectivity index (χ1) is 9.11. The molecule has 1 fully saturated rings. The SMILES string of the molecule is CSc1ccc(C(CC2CCCC2)C(=O)O)cc1Br. The van der Waals surface area contributed by atoms with Crippen LogP contribution in [0.5, 0.6) is 0 Å². The number of carboxylic acids is 1. The van der Waals surface area contributed by atoms with Crippen LogP contribution >= 0.6 is 27.7 Å². The van der Waals surface area contributed by atoms with Crippen LogP contribution in [0.25, 0.3) is 0 Å². The second kappa shape index (κ2) is 6.80. The first-order valence-corrected chi connectivity index (χ1v) is 8.70. The highest BCUT2D eigenvalue weighted by Crippen LogP contribution is 2.36. The Morgan fingerprint density at radius 3 is 2.68 bits per heavy atom. The molecule has 19 heavy (non-hydrogen) atoms. The summed E-state index contributed by atoms with van der Waals surface area (Å²) in [5, 5.41) is 9.48. The van der Waals surface area contributed by atoms with E-state index in [0.717, 1.165) is 21.4 Å². The van der Waals surface area contributed by atoms with Gasteiger partial charge in [-0.25, -0.2) is 0 Å². The van der Waals surface area contributed by atoms with Crippen molar-refractivity contribution >= 4 is 33.7 Å². The minimum atomic E-state index is -0.698. The first-order valence-electron chi connectivity index (χ1n) is 6.68. The molecule has 0 saturated heterocycles. The van der Waals surface area contributed by atoms with E-state index in [9.17, 15) is 9.90 Å². The smallest absolute Gasteiger partial charge is 0.310 e. The van der Waals surface area contributed by atoms with Crippen molar-refractivity contribution in [2.24, 2.45) is 5.92 Å². The van der Waals surface area contributed by atoms with Gasteiger partial charge in [0.15, 0.2) is 0 Å². The van der Waals surface area contributed by atoms with Crippen LogP contribution in [0.2, 0.25) is 0 Å². The number of carbonyl (C=O) groups is 1. The second-order valence-electron chi connectivity index (χ2n) is 5.17. The average molecular weight is 343 g/mol. The van der Waals surface area contributed by atoms with Gasteiger partial charge >= 0.3 is 5.97 Å². The molecule has 1 aromatic carbocycles. The molecule has 0 bridgehead atoms. The van der Waals surface area contributed by atoms with Crippen molar-refractivity contribution in [3.63, 3.8) is 0 Å². The highest BCUT2D eigenvalue weighted by molar-refractivity contribution is 9.10. The lowest BCUT2D eigenvalue weighted by molar-refractivity contribution is -0.139. The maximum atomic E-state index is 11.5. The molecule has 0 heterocycles. The van der Waals surface area contributed by atoms with E-state index in [4.69, 9.17) is 0 Å². The maximum Gasteiger partial charge on any atom is 0.310 e. The zero-order valence-electron chi connectivity index (χ0n) is 11.1. The zero-order chi connectivity index (χ0) is 13.8. The van der Waals surface area contributed by atoms with Gasteiger partial charge in [-0.2, -0.15) is 0 Å². The number of hydrogen-bond donors (Lipinski definition) is 1. The Kier molecular flexibility index (Phi) is 5.34. The van der Waals surface area contributed by atoms with E-state index < -0.39 is 5.97 Å². The molecule has 1 unspecified atom stereocenters. The maximum absolute atomic E-state index is 11.5. The normalized spacial score (nSPS) is 17.6. The van der Waals surface area contributed by atoms with Crippen molar-refractivity contribution in [2.75, 3.05) is 6.26 Å². The van der Waals surface area contributed by atoms with Gasteiger partial charge in [-0.3, -0.25) is 4.79 Å². The monoisotopic (exact) mass is 342 g/mol. The van der Waals surface area contributed by atoms with Crippen LogP contribution in [0.4, 0.5) is 0 Å². The average Bonchev–Trinajstić information content (AvgIpc) is 2.88. The van der Waals surface area contributed by atoms with Crippen LogP contribution in [0.15, 0.2) is 27.6 Å². The number of halogens is 1. The largest absolute Gasteiger partial charge is 0.481 e. The van der Waals surface area contributed by atoms with Crippen molar-refractivity contribution in [1.29, 1.82) is 0 Å². The third-order valence-electron chi connectivity index (χ3n) is 3.92. The Bertz CT molecular complexity index is 455. The molecule has 0 amide bonds. The Labute approximate surface area is 127 Å². The fourth-order valence-electron chi connectivity index (χ4n) is 2.86. The molecule has 0 aliphatic heterocycles. The number of carboxylic acid groups (broad SMARTS) is 1. The lowest BCUT2D eigenvalue weighted by Gasteiger charge is -2.18. The molecule has 1 atom stereocenters. The van der Waals surface area contributed by atoms with Crippen molar-refractivity contribution < 1.29 is 9.90 Å². The highest BCUT2D eigenvalue weighted by atomic mass is 79.9. The number of thioether (sulfide) groups is 1. The molecule has 2 nitrogen and oxygen atoms in total. The third kappa shape index (κ3) is 3.76. The quantitative estimate of drug-likeness (QED) is 0.771. The molecule has 1 aliphatic carbocycles. The van der Waals surface area contributed by atoms with E-state index in [1.54, 1.807) is 11.8 Å². The number of aliphatic carboxylic acids is 1. The molecular formula is C15H19BrO2S. The van der Waals surface area contributed by atoms with Gasteiger partial charge in [0, 0.05) is 9.37 Å². The van der Waals surface area contributed by atoms with Gasteiger partial charge in [-0.1, -0.05) is 31.7 Å². The molecule has 0 spiro atoms. The van der Waals surface area contributed by atoms with Gasteiger partial charge in [-0.15, -0.1) is 11.8 Å². The molecule has 0 radical (unpaired) electrons. The second-order valence-corrected chi connectivity index (χ2v) is 6.87. The van der Waals surface area contributed by atoms with Gasteiger partial charge in [0.05, 0.1) is 5.92 Å². The third-order valence-corrected chi connectivity index (χ3v) is 5.63. The Hall–Kier alpha value is -0.480. The molecule has 1 aromatic rings. The van der Waals surface area contributed by atoms with Gasteiger partial charge in [0.1, 0.15) is 0 Å². The minimum Gasteiger partial charge on any atom is -0.481 e. The Morgan fingerprint density at radius 2 is 2.16 bits per heavy atom. The lowest BCUT2D eigenvalue weighted by Crippen LogP contribution is -2.15. The standard InChI is InChI=1S/C15H19BrO2S/c1-19-14-7-6-11(9-13(14)16)12(15(17)18)8-10-4-2-3-5-10/h6-7,9-10,12H,2-5,8H2,1H3,(H,17,18). The molecule has 2 rings (SSSR count). The summed E-state index contributed by atoms with van der Waals surface area (Å²) in [6.45, 7) is 0. The summed E-state index contributed by atoms with van der Waals surface area (Å²) >= 11 is 5.19. The molecule has 0 aromatic heterocycles. The van der Waals surface area contributed by atoms with E-state index in [1.165, 1.54) is 25.7 Å². The molecule has 4 heteroatoms. The predicted octanol–water partition coefficient (Wildman–Crippen LogP) is 4.92. The number of rotatable bonds is 5. The van der Waals surface area contributed by atoms with Crippen LogP contribution in [0.1, 0.15) is 43.6 Å². The fraction of sp³-hybridized carbons (Fsp3) is 0.533. The topological polar surface area (TPSA) is 37.3 Å². The van der Waals surface area contributed by atoms with E-state index in [-0.39, 0.29) is 5.92 Å². The number of hydrogen-bond acceptors (Lipinski definition) is 2. The van der Waals surface area contributed by atoms with Crippen molar-refractivity contribution in [1.82, 2.24) is 0 Å². The molecule has 1 saturated carbocycles. The van der Waals surface area contributed by atoms with Crippen molar-refractivity contribution in [3.8, 4) is 0 Å². The van der Waals surface area contributed by atoms with Gasteiger partial charge < -0.3 is 5.11 Å². The van der Waals surface area contributed by atoms with Crippen molar-refractivity contribution in [2.45, 2.75) is 42.9 Å². The van der Waals surface area contributed by atoms with E-state index >= 15 is 0 Å². The molecule has 1 N–H and O–H groups in total. The van der Waals surface area contributed by atoms with Gasteiger partial charge in [0.2, 0.25) is 0 Å². The number of benzene rings is 1. The van der Waals surface area contributed by atoms with E-state index in [2.05, 4.69) is 15.9 Å². The summed E-state index contributed by atoms with van der Waals surface area (Å²) < 4.78 is 0.996. The van der Waals surface area contributed by atoms with Crippen LogP contribution < -0.4 is 0 Å². The van der Waals surface area contributed by atoms with Gasteiger partial charge in [0.25, 0.3) is 0 Å². The van der Waals surface area contributed by atoms with Gasteiger partial charge in [-0.05, 0) is 52.2 Å². The summed E-state index contributed by atoms with van der Waals surface area (Å²) in [6.07, 6.45) is 7.69. The Morgan fingerprint density at radius 1 is 1.47 bits per heavy atom. The first kappa shape index (κ1) is 14.9. The summed E-state index contributed by atoms with van der Waals surface area (Å²) in [7, 11) is 0. The summed E-state index contributed by atoms with van der Waals surface area (Å²) in [6, 6.07) is 5.94. The lowest BCUT2D eigenvalue weighted by atomic mass is 9.88. The Balaban J connectivity index is 2.18. The van der Waals surface area contributed by atoms with Crippen molar-refractivity contribution in [3.05, 3.63) is 28.2 Å². The fourth-order valence-corrected chi connectivity index (χ4v) is 4.20. The molecule has 104 valence electrons. The zero-order valence-corrected chi connectivity index (χ0v) is 13.5. The summed E-state index contributed by atoms with van der Waals surface area (Å²) in [5.41, 5.74) is 0.920. The van der Waals surface area contributed by atoms with E-state index in [1.807, 2.05) is 24.5 Å². The van der Waals surface area contributed by atoms with Crippen LogP contribution in [0.3, 0.4) is 0 Å². The van der Waals surface area contributed by atoms with E-state index in [0.29, 0.717) is 5.92 Å². The van der Waals surface area contributed by atoms with Crippen LogP contribution in [0, 0.1) is 5.92 Å². The molecular weight excluding hydrogens is 324 g/mol. The summed E-state index contributed by atoms with van der Waals surface area (Å²) in [4.78, 5) is 12.7. The highest BCUT2D eigenvalue weighted by Gasteiger charge is 2.26. The van der Waals surface area contributed by atoms with Crippen LogP contribution in [-0.2, 0) is 4.79 Å². The minimum absolute atomic E-state index is 0.365.